The fourth-order valence-corrected chi connectivity index (χ4v) is 5.47. The Balaban J connectivity index is 0.992. The van der Waals surface area contributed by atoms with E-state index in [0.717, 1.165) is 97.4 Å². The Bertz CT molecular complexity index is 1750. The maximum Gasteiger partial charge on any atom is 0.305 e. The number of aryl methyl sites for hydroxylation is 1. The highest BCUT2D eigenvalue weighted by Gasteiger charge is 2.10. The minimum Gasteiger partial charge on any atom is -0.494 e. The Morgan fingerprint density at radius 2 is 1.10 bits per heavy atom. The first kappa shape index (κ1) is 38.0. The van der Waals surface area contributed by atoms with Gasteiger partial charge in [0, 0.05) is 25.2 Å². The maximum absolute atomic E-state index is 11.1. The molecule has 272 valence electrons. The van der Waals surface area contributed by atoms with Gasteiger partial charge in [-0.25, -0.2) is 0 Å². The number of carbonyl (C=O) groups excluding carboxylic acids is 1. The first-order chi connectivity index (χ1) is 25.6. The van der Waals surface area contributed by atoms with Gasteiger partial charge in [0.2, 0.25) is 0 Å². The highest BCUT2D eigenvalue weighted by atomic mass is 16.5. The molecule has 0 amide bonds. The molecule has 52 heavy (non-hydrogen) atoms. The summed E-state index contributed by atoms with van der Waals surface area (Å²) < 4.78 is 16.4. The third-order valence-electron chi connectivity index (χ3n) is 8.54. The lowest BCUT2D eigenvalue weighted by molar-refractivity contribution is -0.143. The van der Waals surface area contributed by atoms with Gasteiger partial charge < -0.3 is 19.1 Å². The first-order valence-corrected chi connectivity index (χ1v) is 18.3. The Morgan fingerprint density at radius 3 is 1.67 bits per heavy atom. The minimum atomic E-state index is -0.112. The monoisotopic (exact) mass is 703 g/mol. The van der Waals surface area contributed by atoms with Crippen molar-refractivity contribution in [3.8, 4) is 5.75 Å². The molecule has 0 unspecified atom stereocenters. The summed E-state index contributed by atoms with van der Waals surface area (Å²) in [5, 5.41) is 26.4. The summed E-state index contributed by atoms with van der Waals surface area (Å²) >= 11 is 0. The lowest BCUT2D eigenvalue weighted by atomic mass is 10.1. The average Bonchev–Trinajstić information content (AvgIpc) is 3.19. The number of hydrogen-bond donors (Lipinski definition) is 0. The van der Waals surface area contributed by atoms with E-state index in [9.17, 15) is 4.79 Å². The van der Waals surface area contributed by atoms with E-state index >= 15 is 0 Å². The summed E-state index contributed by atoms with van der Waals surface area (Å²) in [5.41, 5.74) is 6.64. The molecule has 0 bridgehead atoms. The van der Waals surface area contributed by atoms with Crippen LogP contribution in [0, 0.1) is 6.92 Å². The van der Waals surface area contributed by atoms with Crippen molar-refractivity contribution in [2.75, 3.05) is 44.4 Å². The highest BCUT2D eigenvalue weighted by molar-refractivity contribution is 5.68. The topological polar surface area (TPSA) is 122 Å². The van der Waals surface area contributed by atoms with Gasteiger partial charge in [-0.3, -0.25) is 4.79 Å². The lowest BCUT2D eigenvalue weighted by Gasteiger charge is -2.28. The summed E-state index contributed by atoms with van der Waals surface area (Å²) in [4.78, 5) is 13.4. The zero-order chi connectivity index (χ0) is 36.2. The van der Waals surface area contributed by atoms with Crippen LogP contribution in [0.1, 0.15) is 63.9 Å². The first-order valence-electron chi connectivity index (χ1n) is 18.3. The minimum absolute atomic E-state index is 0.112. The van der Waals surface area contributed by atoms with Gasteiger partial charge in [0.15, 0.2) is 0 Å². The van der Waals surface area contributed by atoms with Crippen LogP contribution in [0.15, 0.2) is 122 Å². The van der Waals surface area contributed by atoms with Crippen molar-refractivity contribution in [3.63, 3.8) is 0 Å². The molecule has 11 nitrogen and oxygen atoms in total. The molecule has 1 saturated heterocycles. The summed E-state index contributed by atoms with van der Waals surface area (Å²) in [7, 11) is 0. The van der Waals surface area contributed by atoms with E-state index in [0.29, 0.717) is 19.6 Å². The van der Waals surface area contributed by atoms with Crippen LogP contribution in [-0.4, -0.2) is 45.5 Å². The van der Waals surface area contributed by atoms with E-state index in [1.54, 1.807) is 0 Å². The largest absolute Gasteiger partial charge is 0.494 e. The molecule has 4 aromatic rings. The van der Waals surface area contributed by atoms with Gasteiger partial charge in [-0.2, -0.15) is 30.7 Å². The Labute approximate surface area is 306 Å². The second-order valence-corrected chi connectivity index (χ2v) is 12.6. The van der Waals surface area contributed by atoms with Gasteiger partial charge in [0.05, 0.1) is 60.6 Å². The number of anilines is 1. The molecule has 0 N–H and O–H groups in total. The van der Waals surface area contributed by atoms with Crippen LogP contribution in [-0.2, 0) is 14.3 Å². The molecule has 0 spiro atoms. The van der Waals surface area contributed by atoms with Crippen molar-refractivity contribution in [2.24, 2.45) is 30.7 Å². The van der Waals surface area contributed by atoms with Crippen LogP contribution in [0.25, 0.3) is 0 Å². The zero-order valence-corrected chi connectivity index (χ0v) is 30.3. The van der Waals surface area contributed by atoms with Crippen LogP contribution >= 0.6 is 0 Å². The van der Waals surface area contributed by atoms with Gasteiger partial charge in [0.25, 0.3) is 0 Å². The molecule has 0 radical (unpaired) electrons. The molecule has 0 aromatic heterocycles. The number of unbranched alkanes of at least 4 members (excludes halogenated alkanes) is 6. The molecule has 1 fully saturated rings. The van der Waals surface area contributed by atoms with Crippen LogP contribution in [0.5, 0.6) is 5.75 Å². The fraction of sp³-hybridized carbons (Fsp3) is 0.390. The molecule has 5 rings (SSSR count). The maximum atomic E-state index is 11.1. The van der Waals surface area contributed by atoms with Crippen molar-refractivity contribution in [1.82, 2.24) is 0 Å². The number of ether oxygens (including phenoxy) is 3. The van der Waals surface area contributed by atoms with Gasteiger partial charge in [-0.05, 0) is 116 Å². The quantitative estimate of drug-likeness (QED) is 0.0546. The fourth-order valence-electron chi connectivity index (χ4n) is 5.47. The van der Waals surface area contributed by atoms with Gasteiger partial charge in [-0.15, -0.1) is 0 Å². The second kappa shape index (κ2) is 21.2. The van der Waals surface area contributed by atoms with Crippen molar-refractivity contribution >= 4 is 45.8 Å². The van der Waals surface area contributed by atoms with Crippen LogP contribution in [0.2, 0.25) is 0 Å². The molecule has 4 aromatic carbocycles. The summed E-state index contributed by atoms with van der Waals surface area (Å²) in [6.07, 6.45) is 8.23. The van der Waals surface area contributed by atoms with Crippen LogP contribution in [0.3, 0.4) is 0 Å². The Morgan fingerprint density at radius 1 is 0.615 bits per heavy atom. The third-order valence-corrected chi connectivity index (χ3v) is 8.54. The zero-order valence-electron chi connectivity index (χ0n) is 30.3. The van der Waals surface area contributed by atoms with Crippen LogP contribution < -0.4 is 9.64 Å². The number of carbonyl (C=O) groups is 1. The van der Waals surface area contributed by atoms with Crippen molar-refractivity contribution in [3.05, 3.63) is 96.6 Å². The average molecular weight is 704 g/mol. The summed E-state index contributed by atoms with van der Waals surface area (Å²) in [6, 6.07) is 29.0. The van der Waals surface area contributed by atoms with E-state index in [-0.39, 0.29) is 5.97 Å². The van der Waals surface area contributed by atoms with E-state index in [1.165, 1.54) is 24.9 Å². The van der Waals surface area contributed by atoms with E-state index in [1.807, 2.05) is 92.7 Å². The van der Waals surface area contributed by atoms with E-state index in [4.69, 9.17) is 14.2 Å². The number of esters is 1. The molecular formula is C41H49N7O4. The van der Waals surface area contributed by atoms with Crippen molar-refractivity contribution < 1.29 is 19.0 Å². The van der Waals surface area contributed by atoms with Gasteiger partial charge >= 0.3 is 5.97 Å². The second-order valence-electron chi connectivity index (χ2n) is 12.6. The summed E-state index contributed by atoms with van der Waals surface area (Å²) in [6.45, 7) is 8.37. The summed E-state index contributed by atoms with van der Waals surface area (Å²) in [5.74, 6) is 0.717. The predicted octanol–water partition coefficient (Wildman–Crippen LogP) is 12.1. The van der Waals surface area contributed by atoms with Crippen molar-refractivity contribution in [1.29, 1.82) is 0 Å². The Hall–Kier alpha value is -5.29. The number of azo groups is 3. The SMILES string of the molecule is CCC(=O)OCCCCCCCCCOc1ccc(N=Nc2ccc(N=Nc3ccc(N=Nc4ccc(N5CCOCC5)cc4)cc3C)cc2)cc1. The smallest absolute Gasteiger partial charge is 0.305 e. The van der Waals surface area contributed by atoms with E-state index < -0.39 is 0 Å². The number of rotatable bonds is 19. The Kier molecular flexibility index (Phi) is 15.4. The normalized spacial score (nSPS) is 13.4. The molecule has 0 saturated carbocycles. The molecule has 1 heterocycles. The predicted molar refractivity (Wildman–Crippen MR) is 205 cm³/mol. The van der Waals surface area contributed by atoms with Gasteiger partial charge in [-0.1, -0.05) is 39.0 Å². The number of hydrogen-bond acceptors (Lipinski definition) is 11. The standard InChI is InChI=1S/C41H49N7O4/c1-3-41(49)52-28-10-8-6-4-5-7-9-27-51-39-22-17-36(18-23-39)43-42-33-11-13-34(14-12-33)45-47-40-24-19-37(31-32(40)2)46-44-35-15-20-38(21-16-35)48-25-29-50-30-26-48/h11-24,31H,3-10,25-30H2,1-2H3. The molecule has 1 aliphatic rings. The molecule has 11 heteroatoms. The number of benzene rings is 4. The molecular weight excluding hydrogens is 654 g/mol. The third kappa shape index (κ3) is 13.1. The molecule has 0 atom stereocenters. The van der Waals surface area contributed by atoms with Crippen molar-refractivity contribution in [2.45, 2.75) is 65.2 Å². The number of morpholine rings is 1. The highest BCUT2D eigenvalue weighted by Crippen LogP contribution is 2.29. The number of nitrogens with zero attached hydrogens (tertiary/aromatic N) is 7. The van der Waals surface area contributed by atoms with Gasteiger partial charge in [0.1, 0.15) is 5.75 Å². The van der Waals surface area contributed by atoms with Crippen LogP contribution in [0.4, 0.5) is 39.8 Å². The molecule has 0 aliphatic carbocycles. The van der Waals surface area contributed by atoms with E-state index in [2.05, 4.69) is 47.7 Å². The lowest BCUT2D eigenvalue weighted by Crippen LogP contribution is -2.36. The molecule has 1 aliphatic heterocycles.